The van der Waals surface area contributed by atoms with Crippen molar-refractivity contribution in [1.82, 2.24) is 5.32 Å². The van der Waals surface area contributed by atoms with Crippen LogP contribution in [0.3, 0.4) is 0 Å². The third kappa shape index (κ3) is 3.74. The highest BCUT2D eigenvalue weighted by Crippen LogP contribution is 2.40. The van der Waals surface area contributed by atoms with Gasteiger partial charge in [-0.05, 0) is 24.7 Å². The Hall–Kier alpha value is -0.120. The van der Waals surface area contributed by atoms with Gasteiger partial charge < -0.3 is 15.8 Å². The number of methoxy groups -OCH3 is 1. The Morgan fingerprint density at radius 1 is 1.33 bits per heavy atom. The fourth-order valence-electron chi connectivity index (χ4n) is 2.81. The third-order valence-electron chi connectivity index (χ3n) is 3.52. The van der Waals surface area contributed by atoms with Crippen LogP contribution in [0.1, 0.15) is 39.5 Å². The van der Waals surface area contributed by atoms with Crippen molar-refractivity contribution in [2.75, 3.05) is 26.8 Å². The van der Waals surface area contributed by atoms with E-state index in [1.165, 1.54) is 25.7 Å². The van der Waals surface area contributed by atoms with Crippen molar-refractivity contribution in [3.63, 3.8) is 0 Å². The first-order valence-electron chi connectivity index (χ1n) is 5.98. The number of ether oxygens (including phenoxy) is 1. The predicted molar refractivity (Wildman–Crippen MR) is 63.9 cm³/mol. The molecular formula is C12H26N2O. The lowest BCUT2D eigenvalue weighted by molar-refractivity contribution is 0.111. The molecule has 15 heavy (non-hydrogen) atoms. The molecule has 0 spiro atoms. The number of hydrogen-bond donors (Lipinski definition) is 2. The van der Waals surface area contributed by atoms with Crippen molar-refractivity contribution >= 4 is 0 Å². The van der Waals surface area contributed by atoms with Gasteiger partial charge >= 0.3 is 0 Å². The quantitative estimate of drug-likeness (QED) is 0.682. The summed E-state index contributed by atoms with van der Waals surface area (Å²) in [4.78, 5) is 0. The molecule has 1 aliphatic rings. The lowest BCUT2D eigenvalue weighted by Crippen LogP contribution is -2.56. The van der Waals surface area contributed by atoms with E-state index in [0.29, 0.717) is 5.41 Å². The molecule has 1 saturated carbocycles. The Labute approximate surface area is 93.8 Å². The topological polar surface area (TPSA) is 47.3 Å². The zero-order valence-corrected chi connectivity index (χ0v) is 10.4. The molecule has 3 heteroatoms. The molecule has 0 radical (unpaired) electrons. The van der Waals surface area contributed by atoms with E-state index in [0.717, 1.165) is 19.7 Å². The Bertz CT molecular complexity index is 194. The minimum Gasteiger partial charge on any atom is -0.383 e. The second-order valence-electron chi connectivity index (χ2n) is 5.60. The molecule has 90 valence electrons. The van der Waals surface area contributed by atoms with Gasteiger partial charge in [0.15, 0.2) is 0 Å². The summed E-state index contributed by atoms with van der Waals surface area (Å²) in [5.41, 5.74) is 6.52. The van der Waals surface area contributed by atoms with Gasteiger partial charge in [-0.25, -0.2) is 0 Å². The summed E-state index contributed by atoms with van der Waals surface area (Å²) in [6, 6.07) is 0. The molecule has 0 amide bonds. The molecule has 0 aromatic carbocycles. The number of nitrogens with two attached hydrogens (primary N) is 1. The van der Waals surface area contributed by atoms with Gasteiger partial charge in [-0.3, -0.25) is 0 Å². The maximum absolute atomic E-state index is 5.94. The predicted octanol–water partition coefficient (Wildman–Crippen LogP) is 1.52. The van der Waals surface area contributed by atoms with Crippen LogP contribution in [0.25, 0.3) is 0 Å². The number of nitrogens with one attached hydrogen (secondary N) is 1. The Morgan fingerprint density at radius 2 is 2.07 bits per heavy atom. The Balaban J connectivity index is 2.51. The van der Waals surface area contributed by atoms with E-state index in [1.807, 2.05) is 0 Å². The summed E-state index contributed by atoms with van der Waals surface area (Å²) in [5.74, 6) is 0. The summed E-state index contributed by atoms with van der Waals surface area (Å²) in [5, 5.41) is 3.59. The smallest absolute Gasteiger partial charge is 0.0587 e. The van der Waals surface area contributed by atoms with Gasteiger partial charge in [0, 0.05) is 25.7 Å². The summed E-state index contributed by atoms with van der Waals surface area (Å²) < 4.78 is 5.07. The van der Waals surface area contributed by atoms with Crippen LogP contribution in [0.15, 0.2) is 0 Å². The van der Waals surface area contributed by atoms with Crippen LogP contribution in [-0.4, -0.2) is 32.3 Å². The SMILES string of the molecule is COCCNC1(CN)CCCC(C)(C)C1. The van der Waals surface area contributed by atoms with Crippen LogP contribution in [0, 0.1) is 5.41 Å². The van der Waals surface area contributed by atoms with E-state index in [9.17, 15) is 0 Å². The molecule has 0 heterocycles. The maximum atomic E-state index is 5.94. The van der Waals surface area contributed by atoms with Crippen molar-refractivity contribution in [3.8, 4) is 0 Å². The average molecular weight is 214 g/mol. The van der Waals surface area contributed by atoms with Gasteiger partial charge in [0.25, 0.3) is 0 Å². The Kier molecular flexibility index (Phi) is 4.56. The van der Waals surface area contributed by atoms with E-state index >= 15 is 0 Å². The lowest BCUT2D eigenvalue weighted by Gasteiger charge is -2.45. The zero-order chi connectivity index (χ0) is 11.4. The first kappa shape index (κ1) is 12.9. The first-order valence-corrected chi connectivity index (χ1v) is 5.98. The van der Waals surface area contributed by atoms with Crippen LogP contribution >= 0.6 is 0 Å². The van der Waals surface area contributed by atoms with Crippen LogP contribution in [-0.2, 0) is 4.74 Å². The normalized spacial score (nSPS) is 30.4. The minimum absolute atomic E-state index is 0.153. The highest BCUT2D eigenvalue weighted by molar-refractivity contribution is 4.97. The number of rotatable bonds is 5. The molecule has 1 rings (SSSR count). The largest absolute Gasteiger partial charge is 0.383 e. The van der Waals surface area contributed by atoms with Crippen molar-refractivity contribution < 1.29 is 4.74 Å². The van der Waals surface area contributed by atoms with Gasteiger partial charge in [0.1, 0.15) is 0 Å². The molecular weight excluding hydrogens is 188 g/mol. The molecule has 0 bridgehead atoms. The Morgan fingerprint density at radius 3 is 2.60 bits per heavy atom. The highest BCUT2D eigenvalue weighted by Gasteiger charge is 2.38. The van der Waals surface area contributed by atoms with Gasteiger partial charge in [0.2, 0.25) is 0 Å². The van der Waals surface area contributed by atoms with E-state index in [4.69, 9.17) is 10.5 Å². The van der Waals surface area contributed by atoms with E-state index in [2.05, 4.69) is 19.2 Å². The number of hydrogen-bond acceptors (Lipinski definition) is 3. The third-order valence-corrected chi connectivity index (χ3v) is 3.52. The van der Waals surface area contributed by atoms with Crippen molar-refractivity contribution in [1.29, 1.82) is 0 Å². The van der Waals surface area contributed by atoms with Crippen LogP contribution < -0.4 is 11.1 Å². The zero-order valence-electron chi connectivity index (χ0n) is 10.4. The molecule has 1 unspecified atom stereocenters. The molecule has 0 aliphatic heterocycles. The molecule has 3 nitrogen and oxygen atoms in total. The molecule has 1 aliphatic carbocycles. The van der Waals surface area contributed by atoms with E-state index in [1.54, 1.807) is 7.11 Å². The second kappa shape index (κ2) is 5.28. The fourth-order valence-corrected chi connectivity index (χ4v) is 2.81. The summed E-state index contributed by atoms with van der Waals surface area (Å²) in [6.07, 6.45) is 4.99. The maximum Gasteiger partial charge on any atom is 0.0587 e. The lowest BCUT2D eigenvalue weighted by atomic mass is 9.68. The molecule has 1 atom stereocenters. The second-order valence-corrected chi connectivity index (χ2v) is 5.60. The van der Waals surface area contributed by atoms with Gasteiger partial charge in [-0.1, -0.05) is 20.3 Å². The van der Waals surface area contributed by atoms with Crippen molar-refractivity contribution in [2.45, 2.75) is 45.1 Å². The molecule has 1 fully saturated rings. The summed E-state index contributed by atoms with van der Waals surface area (Å²) in [7, 11) is 1.74. The van der Waals surface area contributed by atoms with Crippen LogP contribution in [0.5, 0.6) is 0 Å². The fraction of sp³-hybridized carbons (Fsp3) is 1.00. The van der Waals surface area contributed by atoms with Gasteiger partial charge in [-0.2, -0.15) is 0 Å². The van der Waals surface area contributed by atoms with Gasteiger partial charge in [0.05, 0.1) is 6.61 Å². The summed E-state index contributed by atoms with van der Waals surface area (Å²) in [6.45, 7) is 7.09. The van der Waals surface area contributed by atoms with E-state index in [-0.39, 0.29) is 5.54 Å². The monoisotopic (exact) mass is 214 g/mol. The molecule has 0 saturated heterocycles. The van der Waals surface area contributed by atoms with Crippen LogP contribution in [0.4, 0.5) is 0 Å². The molecule has 3 N–H and O–H groups in total. The molecule has 0 aromatic heterocycles. The van der Waals surface area contributed by atoms with Crippen LogP contribution in [0.2, 0.25) is 0 Å². The minimum atomic E-state index is 0.153. The average Bonchev–Trinajstić information content (AvgIpc) is 2.17. The van der Waals surface area contributed by atoms with Crippen molar-refractivity contribution in [3.05, 3.63) is 0 Å². The highest BCUT2D eigenvalue weighted by atomic mass is 16.5. The van der Waals surface area contributed by atoms with Crippen molar-refractivity contribution in [2.24, 2.45) is 11.1 Å². The first-order chi connectivity index (χ1) is 7.04. The molecule has 0 aromatic rings. The summed E-state index contributed by atoms with van der Waals surface area (Å²) >= 11 is 0. The van der Waals surface area contributed by atoms with Gasteiger partial charge in [-0.15, -0.1) is 0 Å². The standard InChI is InChI=1S/C12H26N2O/c1-11(2)5-4-6-12(9-11,10-13)14-7-8-15-3/h14H,4-10,13H2,1-3H3. The van der Waals surface area contributed by atoms with E-state index < -0.39 is 0 Å².